The van der Waals surface area contributed by atoms with E-state index in [0.717, 1.165) is 50.7 Å². The van der Waals surface area contributed by atoms with E-state index in [2.05, 4.69) is 18.3 Å². The zero-order valence-electron chi connectivity index (χ0n) is 18.7. The summed E-state index contributed by atoms with van der Waals surface area (Å²) in [6.07, 6.45) is 7.69. The molecule has 31 heavy (non-hydrogen) atoms. The van der Waals surface area contributed by atoms with E-state index in [4.69, 9.17) is 9.84 Å². The van der Waals surface area contributed by atoms with Gasteiger partial charge in [-0.1, -0.05) is 50.8 Å². The summed E-state index contributed by atoms with van der Waals surface area (Å²) in [5.74, 6) is 0.0819. The highest BCUT2D eigenvalue weighted by Crippen LogP contribution is 2.21. The summed E-state index contributed by atoms with van der Waals surface area (Å²) in [4.78, 5) is 24.5. The molecule has 1 heterocycles. The first kappa shape index (κ1) is 25.0. The van der Waals surface area contributed by atoms with E-state index >= 15 is 0 Å². The van der Waals surface area contributed by atoms with E-state index < -0.39 is 12.1 Å². The van der Waals surface area contributed by atoms with Crippen LogP contribution in [0.1, 0.15) is 70.3 Å². The summed E-state index contributed by atoms with van der Waals surface area (Å²) >= 11 is 0. The van der Waals surface area contributed by atoms with Gasteiger partial charge >= 0.3 is 12.0 Å². The first-order valence-corrected chi connectivity index (χ1v) is 11.7. The Kier molecular flexibility index (Phi) is 11.2. The molecule has 0 aromatic heterocycles. The van der Waals surface area contributed by atoms with Gasteiger partial charge in [0.1, 0.15) is 12.4 Å². The summed E-state index contributed by atoms with van der Waals surface area (Å²) in [5, 5.41) is 22.0. The molecule has 2 amide bonds. The van der Waals surface area contributed by atoms with Crippen molar-refractivity contribution in [3.8, 4) is 5.75 Å². The Morgan fingerprint density at radius 3 is 2.77 bits per heavy atom. The van der Waals surface area contributed by atoms with Gasteiger partial charge in [-0.2, -0.15) is 0 Å². The van der Waals surface area contributed by atoms with Crippen LogP contribution in [0.2, 0.25) is 0 Å². The third-order valence-corrected chi connectivity index (χ3v) is 5.78. The minimum atomic E-state index is -0.747. The second-order valence-electron chi connectivity index (χ2n) is 8.34. The van der Waals surface area contributed by atoms with E-state index in [1.807, 2.05) is 23.1 Å². The Balaban J connectivity index is 1.70. The van der Waals surface area contributed by atoms with Crippen LogP contribution < -0.4 is 10.1 Å². The lowest BCUT2D eigenvalue weighted by Crippen LogP contribution is -2.37. The average molecular weight is 435 g/mol. The van der Waals surface area contributed by atoms with Crippen molar-refractivity contribution in [1.29, 1.82) is 0 Å². The van der Waals surface area contributed by atoms with Gasteiger partial charge in [-0.25, -0.2) is 4.79 Å². The number of rotatable bonds is 16. The van der Waals surface area contributed by atoms with Crippen LogP contribution in [-0.2, 0) is 11.2 Å². The number of hydrogen-bond acceptors (Lipinski definition) is 4. The van der Waals surface area contributed by atoms with Gasteiger partial charge in [0.05, 0.1) is 12.1 Å². The molecule has 1 aliphatic rings. The molecule has 1 fully saturated rings. The Bertz CT molecular complexity index is 682. The number of carboxylic acids is 1. The first-order valence-electron chi connectivity index (χ1n) is 11.7. The van der Waals surface area contributed by atoms with Crippen molar-refractivity contribution in [3.63, 3.8) is 0 Å². The number of amides is 2. The van der Waals surface area contributed by atoms with Crippen LogP contribution in [0.4, 0.5) is 4.79 Å². The number of para-hydroxylation sites is 1. The van der Waals surface area contributed by atoms with Gasteiger partial charge in [-0.3, -0.25) is 4.79 Å². The topological polar surface area (TPSA) is 99.1 Å². The summed E-state index contributed by atoms with van der Waals surface area (Å²) < 4.78 is 5.87. The highest BCUT2D eigenvalue weighted by atomic mass is 16.5. The molecule has 1 aromatic rings. The average Bonchev–Trinajstić information content (AvgIpc) is 3.11. The van der Waals surface area contributed by atoms with Crippen molar-refractivity contribution < 1.29 is 24.5 Å². The van der Waals surface area contributed by atoms with Crippen LogP contribution in [0, 0.1) is 0 Å². The number of aliphatic hydroxyl groups is 1. The number of ether oxygens (including phenoxy) is 1. The van der Waals surface area contributed by atoms with Crippen LogP contribution in [-0.4, -0.2) is 59.0 Å². The third kappa shape index (κ3) is 9.17. The number of urea groups is 1. The molecule has 3 N–H and O–H groups in total. The Morgan fingerprint density at radius 2 is 2.00 bits per heavy atom. The molecule has 0 radical (unpaired) electrons. The molecule has 2 unspecified atom stereocenters. The van der Waals surface area contributed by atoms with Crippen molar-refractivity contribution in [2.45, 2.75) is 83.3 Å². The Morgan fingerprint density at radius 1 is 1.23 bits per heavy atom. The Hall–Kier alpha value is -2.28. The molecule has 0 spiro atoms. The number of carbonyl (C=O) groups excluding carboxylic acids is 1. The Labute approximate surface area is 185 Å². The number of unbranched alkanes of at least 4 members (excludes halogenated alkanes) is 4. The fourth-order valence-corrected chi connectivity index (χ4v) is 3.91. The number of nitrogens with zero attached hydrogens (tertiary/aromatic N) is 1. The lowest BCUT2D eigenvalue weighted by molar-refractivity contribution is -0.137. The van der Waals surface area contributed by atoms with E-state index in [9.17, 15) is 14.7 Å². The fraction of sp³-hybridized carbons (Fsp3) is 0.667. The normalized spacial score (nSPS) is 16.9. The van der Waals surface area contributed by atoms with Crippen LogP contribution in [0.15, 0.2) is 24.3 Å². The lowest BCUT2D eigenvalue weighted by atomic mass is 10.1. The smallest absolute Gasteiger partial charge is 0.317 e. The highest BCUT2D eigenvalue weighted by molar-refractivity contribution is 5.76. The monoisotopic (exact) mass is 434 g/mol. The molecule has 0 aliphatic carbocycles. The molecule has 2 rings (SSSR count). The molecular weight excluding hydrogens is 396 g/mol. The maximum absolute atomic E-state index is 12.2. The molecule has 1 aromatic carbocycles. The van der Waals surface area contributed by atoms with Crippen LogP contribution >= 0.6 is 0 Å². The molecule has 2 atom stereocenters. The molecule has 1 aliphatic heterocycles. The van der Waals surface area contributed by atoms with Gasteiger partial charge in [0, 0.05) is 19.5 Å². The summed E-state index contributed by atoms with van der Waals surface area (Å²) in [5.41, 5.74) is 1.17. The lowest BCUT2D eigenvalue weighted by Gasteiger charge is -2.24. The summed E-state index contributed by atoms with van der Waals surface area (Å²) in [6.45, 7) is 3.50. The van der Waals surface area contributed by atoms with Crippen LogP contribution in [0.25, 0.3) is 0 Å². The van der Waals surface area contributed by atoms with Gasteiger partial charge < -0.3 is 25.2 Å². The van der Waals surface area contributed by atoms with Crippen molar-refractivity contribution in [1.82, 2.24) is 10.2 Å². The SMILES string of the molecule is CCCCc1ccccc1OCC(O)CCN1C(=O)NCC1CCCCCCC(=O)O. The zero-order valence-corrected chi connectivity index (χ0v) is 18.7. The fourth-order valence-electron chi connectivity index (χ4n) is 3.91. The minimum Gasteiger partial charge on any atom is -0.491 e. The van der Waals surface area contributed by atoms with Crippen molar-refractivity contribution in [2.75, 3.05) is 19.7 Å². The van der Waals surface area contributed by atoms with E-state index in [-0.39, 0.29) is 25.1 Å². The maximum atomic E-state index is 12.2. The number of aryl methyl sites for hydroxylation is 1. The van der Waals surface area contributed by atoms with Gasteiger partial charge in [-0.05, 0) is 43.7 Å². The molecule has 1 saturated heterocycles. The van der Waals surface area contributed by atoms with Gasteiger partial charge in [0.2, 0.25) is 0 Å². The summed E-state index contributed by atoms with van der Waals surface area (Å²) in [7, 11) is 0. The molecule has 0 bridgehead atoms. The second kappa shape index (κ2) is 13.9. The first-order chi connectivity index (χ1) is 15.0. The number of aliphatic hydroxyl groups excluding tert-OH is 1. The van der Waals surface area contributed by atoms with Crippen molar-refractivity contribution >= 4 is 12.0 Å². The number of benzene rings is 1. The van der Waals surface area contributed by atoms with Crippen LogP contribution in [0.5, 0.6) is 5.75 Å². The largest absolute Gasteiger partial charge is 0.491 e. The number of carbonyl (C=O) groups is 2. The number of carboxylic acid groups (broad SMARTS) is 1. The predicted molar refractivity (Wildman–Crippen MR) is 120 cm³/mol. The van der Waals surface area contributed by atoms with Crippen LogP contribution in [0.3, 0.4) is 0 Å². The number of hydrogen-bond donors (Lipinski definition) is 3. The number of nitrogens with one attached hydrogen (secondary N) is 1. The molecule has 174 valence electrons. The van der Waals surface area contributed by atoms with Crippen molar-refractivity contribution in [3.05, 3.63) is 29.8 Å². The standard InChI is InChI=1S/C24H38N2O5/c1-2-3-10-19-11-8-9-13-22(19)31-18-21(27)15-16-26-20(17-25-24(26)30)12-6-4-5-7-14-23(28)29/h8-9,11,13,20-21,27H,2-7,10,12,14-18H2,1H3,(H,25,30)(H,28,29). The number of aliphatic carboxylic acids is 1. The zero-order chi connectivity index (χ0) is 22.5. The van der Waals surface area contributed by atoms with E-state index in [1.54, 1.807) is 0 Å². The molecule has 7 nitrogen and oxygen atoms in total. The molecule has 0 saturated carbocycles. The van der Waals surface area contributed by atoms with E-state index in [0.29, 0.717) is 25.9 Å². The third-order valence-electron chi connectivity index (χ3n) is 5.78. The molecule has 7 heteroatoms. The van der Waals surface area contributed by atoms with Gasteiger partial charge in [0.15, 0.2) is 0 Å². The minimum absolute atomic E-state index is 0.0751. The summed E-state index contributed by atoms with van der Waals surface area (Å²) in [6, 6.07) is 8.02. The predicted octanol–water partition coefficient (Wildman–Crippen LogP) is 3.98. The van der Waals surface area contributed by atoms with E-state index in [1.165, 1.54) is 5.56 Å². The van der Waals surface area contributed by atoms with Gasteiger partial charge in [0.25, 0.3) is 0 Å². The van der Waals surface area contributed by atoms with Gasteiger partial charge in [-0.15, -0.1) is 0 Å². The second-order valence-corrected chi connectivity index (χ2v) is 8.34. The maximum Gasteiger partial charge on any atom is 0.317 e. The highest BCUT2D eigenvalue weighted by Gasteiger charge is 2.30. The van der Waals surface area contributed by atoms with Crippen molar-refractivity contribution in [2.24, 2.45) is 0 Å². The molecular formula is C24H38N2O5. The quantitative estimate of drug-likeness (QED) is 0.342.